The van der Waals surface area contributed by atoms with Gasteiger partial charge in [-0.1, -0.05) is 18.2 Å². The lowest BCUT2D eigenvalue weighted by Gasteiger charge is -2.06. The van der Waals surface area contributed by atoms with Crippen LogP contribution >= 0.6 is 0 Å². The van der Waals surface area contributed by atoms with Gasteiger partial charge in [0.25, 0.3) is 0 Å². The van der Waals surface area contributed by atoms with Crippen molar-refractivity contribution < 1.29 is 14.3 Å². The van der Waals surface area contributed by atoms with Gasteiger partial charge in [-0.2, -0.15) is 0 Å². The molecule has 0 amide bonds. The molecule has 3 aromatic rings. The Kier molecular flexibility index (Phi) is 3.63. The smallest absolute Gasteiger partial charge is 0.307 e. The second-order valence-corrected chi connectivity index (χ2v) is 5.08. The Balaban J connectivity index is 2.16. The first-order valence-corrected chi connectivity index (χ1v) is 7.05. The molecule has 1 N–H and O–H groups in total. The number of carbonyl (C=O) groups is 1. The molecule has 5 heteroatoms. The SMILES string of the molecule is CCn1c(-c2cccc(F)c2)nc2cc(CC(=O)O)ccc21. The number of rotatable bonds is 4. The number of fused-ring (bicyclic) bond motifs is 1. The highest BCUT2D eigenvalue weighted by atomic mass is 19.1. The fraction of sp³-hybridized carbons (Fsp3) is 0.176. The number of nitrogens with zero attached hydrogens (tertiary/aromatic N) is 2. The first kappa shape index (κ1) is 14.3. The minimum atomic E-state index is -0.875. The molecule has 3 rings (SSSR count). The summed E-state index contributed by atoms with van der Waals surface area (Å²) in [4.78, 5) is 15.4. The summed E-state index contributed by atoms with van der Waals surface area (Å²) in [6.45, 7) is 2.69. The van der Waals surface area contributed by atoms with Gasteiger partial charge in [-0.25, -0.2) is 9.37 Å². The quantitative estimate of drug-likeness (QED) is 0.802. The van der Waals surface area contributed by atoms with Gasteiger partial charge < -0.3 is 9.67 Å². The zero-order valence-electron chi connectivity index (χ0n) is 12.1. The van der Waals surface area contributed by atoms with E-state index in [2.05, 4.69) is 4.98 Å². The average Bonchev–Trinajstić information content (AvgIpc) is 2.84. The molecule has 0 aliphatic heterocycles. The van der Waals surface area contributed by atoms with Crippen LogP contribution in [0.2, 0.25) is 0 Å². The van der Waals surface area contributed by atoms with Gasteiger partial charge in [0, 0.05) is 12.1 Å². The minimum Gasteiger partial charge on any atom is -0.481 e. The molecule has 0 saturated heterocycles. The van der Waals surface area contributed by atoms with Crippen LogP contribution < -0.4 is 0 Å². The molecular weight excluding hydrogens is 283 g/mol. The van der Waals surface area contributed by atoms with Crippen molar-refractivity contribution in [2.24, 2.45) is 0 Å². The van der Waals surface area contributed by atoms with Crippen molar-refractivity contribution in [2.45, 2.75) is 19.9 Å². The predicted molar refractivity (Wildman–Crippen MR) is 82.1 cm³/mol. The lowest BCUT2D eigenvalue weighted by atomic mass is 10.1. The molecule has 112 valence electrons. The van der Waals surface area contributed by atoms with Gasteiger partial charge in [0.15, 0.2) is 0 Å². The van der Waals surface area contributed by atoms with Crippen molar-refractivity contribution in [3.8, 4) is 11.4 Å². The van der Waals surface area contributed by atoms with Gasteiger partial charge in [-0.05, 0) is 36.8 Å². The van der Waals surface area contributed by atoms with Crippen molar-refractivity contribution in [3.05, 3.63) is 53.8 Å². The third kappa shape index (κ3) is 2.57. The predicted octanol–water partition coefficient (Wildman–Crippen LogP) is 3.49. The lowest BCUT2D eigenvalue weighted by molar-refractivity contribution is -0.136. The summed E-state index contributed by atoms with van der Waals surface area (Å²) < 4.78 is 15.4. The monoisotopic (exact) mass is 298 g/mol. The molecule has 1 aromatic heterocycles. The second kappa shape index (κ2) is 5.60. The van der Waals surface area contributed by atoms with Crippen LogP contribution in [0.5, 0.6) is 0 Å². The first-order valence-electron chi connectivity index (χ1n) is 7.05. The number of carboxylic acid groups (broad SMARTS) is 1. The van der Waals surface area contributed by atoms with Crippen molar-refractivity contribution in [3.63, 3.8) is 0 Å². The summed E-state index contributed by atoms with van der Waals surface area (Å²) in [5.74, 6) is -0.497. The van der Waals surface area contributed by atoms with E-state index < -0.39 is 5.97 Å². The van der Waals surface area contributed by atoms with E-state index in [9.17, 15) is 9.18 Å². The Morgan fingerprint density at radius 3 is 2.77 bits per heavy atom. The molecule has 0 saturated carbocycles. The van der Waals surface area contributed by atoms with E-state index in [1.807, 2.05) is 23.6 Å². The molecule has 22 heavy (non-hydrogen) atoms. The zero-order valence-corrected chi connectivity index (χ0v) is 12.1. The van der Waals surface area contributed by atoms with Crippen LogP contribution in [-0.2, 0) is 17.8 Å². The Morgan fingerprint density at radius 2 is 2.09 bits per heavy atom. The number of hydrogen-bond acceptors (Lipinski definition) is 2. The van der Waals surface area contributed by atoms with E-state index in [4.69, 9.17) is 5.11 Å². The summed E-state index contributed by atoms with van der Waals surface area (Å²) in [5.41, 5.74) is 3.04. The molecule has 2 aromatic carbocycles. The van der Waals surface area contributed by atoms with E-state index in [-0.39, 0.29) is 12.2 Å². The van der Waals surface area contributed by atoms with Crippen LogP contribution in [0.1, 0.15) is 12.5 Å². The Hall–Kier alpha value is -2.69. The van der Waals surface area contributed by atoms with Gasteiger partial charge in [0.05, 0.1) is 17.5 Å². The Bertz CT molecular complexity index is 855. The minimum absolute atomic E-state index is 0.0375. The van der Waals surface area contributed by atoms with Crippen molar-refractivity contribution >= 4 is 17.0 Å². The third-order valence-corrected chi connectivity index (χ3v) is 3.57. The lowest BCUT2D eigenvalue weighted by Crippen LogP contribution is -2.00. The van der Waals surface area contributed by atoms with Crippen molar-refractivity contribution in [1.82, 2.24) is 9.55 Å². The maximum Gasteiger partial charge on any atom is 0.307 e. The van der Waals surface area contributed by atoms with Crippen LogP contribution in [0.25, 0.3) is 22.4 Å². The van der Waals surface area contributed by atoms with E-state index in [0.717, 1.165) is 11.0 Å². The van der Waals surface area contributed by atoms with Crippen molar-refractivity contribution in [2.75, 3.05) is 0 Å². The largest absolute Gasteiger partial charge is 0.481 e. The van der Waals surface area contributed by atoms with E-state index in [0.29, 0.717) is 23.5 Å². The molecule has 0 radical (unpaired) electrons. The average molecular weight is 298 g/mol. The molecule has 0 unspecified atom stereocenters. The van der Waals surface area contributed by atoms with Crippen LogP contribution in [0.3, 0.4) is 0 Å². The highest BCUT2D eigenvalue weighted by Gasteiger charge is 2.13. The normalized spacial score (nSPS) is 11.0. The summed E-state index contributed by atoms with van der Waals surface area (Å²) in [6.07, 6.45) is -0.0375. The number of aryl methyl sites for hydroxylation is 1. The number of hydrogen-bond donors (Lipinski definition) is 1. The number of halogens is 1. The summed E-state index contributed by atoms with van der Waals surface area (Å²) >= 11 is 0. The van der Waals surface area contributed by atoms with Gasteiger partial charge in [0.1, 0.15) is 11.6 Å². The zero-order chi connectivity index (χ0) is 15.7. The molecule has 1 heterocycles. The number of aromatic nitrogens is 2. The number of imidazole rings is 1. The Labute approximate surface area is 126 Å². The molecule has 0 atom stereocenters. The number of carboxylic acids is 1. The van der Waals surface area contributed by atoms with Crippen molar-refractivity contribution in [1.29, 1.82) is 0 Å². The van der Waals surface area contributed by atoms with E-state index in [1.165, 1.54) is 12.1 Å². The standard InChI is InChI=1S/C17H15FN2O2/c1-2-20-15-7-6-11(9-16(21)22)8-14(15)19-17(20)12-4-3-5-13(18)10-12/h3-8,10H,2,9H2,1H3,(H,21,22). The molecule has 0 fully saturated rings. The van der Waals surface area contributed by atoms with Gasteiger partial charge in [-0.15, -0.1) is 0 Å². The van der Waals surface area contributed by atoms with Crippen LogP contribution in [0.4, 0.5) is 4.39 Å². The van der Waals surface area contributed by atoms with E-state index >= 15 is 0 Å². The molecular formula is C17H15FN2O2. The fourth-order valence-corrected chi connectivity index (χ4v) is 2.63. The topological polar surface area (TPSA) is 55.1 Å². The molecule has 0 bridgehead atoms. The Morgan fingerprint density at radius 1 is 1.27 bits per heavy atom. The van der Waals surface area contributed by atoms with Crippen LogP contribution in [0, 0.1) is 5.82 Å². The number of aliphatic carboxylic acids is 1. The van der Waals surface area contributed by atoms with E-state index in [1.54, 1.807) is 18.2 Å². The molecule has 0 aliphatic carbocycles. The van der Waals surface area contributed by atoms with Crippen LogP contribution in [0.15, 0.2) is 42.5 Å². The number of benzene rings is 2. The summed E-state index contributed by atoms with van der Waals surface area (Å²) in [5, 5.41) is 8.89. The van der Waals surface area contributed by atoms with Gasteiger partial charge in [0.2, 0.25) is 0 Å². The highest BCUT2D eigenvalue weighted by Crippen LogP contribution is 2.26. The summed E-state index contributed by atoms with van der Waals surface area (Å²) in [6, 6.07) is 11.7. The summed E-state index contributed by atoms with van der Waals surface area (Å²) in [7, 11) is 0. The molecule has 0 spiro atoms. The molecule has 0 aliphatic rings. The maximum absolute atomic E-state index is 13.4. The highest BCUT2D eigenvalue weighted by molar-refractivity contribution is 5.82. The maximum atomic E-state index is 13.4. The van der Waals surface area contributed by atoms with Gasteiger partial charge >= 0.3 is 5.97 Å². The second-order valence-electron chi connectivity index (χ2n) is 5.08. The van der Waals surface area contributed by atoms with Crippen LogP contribution in [-0.4, -0.2) is 20.6 Å². The third-order valence-electron chi connectivity index (χ3n) is 3.57. The fourth-order valence-electron chi connectivity index (χ4n) is 2.63. The first-order chi connectivity index (χ1) is 10.6. The molecule has 4 nitrogen and oxygen atoms in total. The van der Waals surface area contributed by atoms with Gasteiger partial charge in [-0.3, -0.25) is 4.79 Å².